The van der Waals surface area contributed by atoms with Gasteiger partial charge in [-0.2, -0.15) is 0 Å². The Bertz CT molecular complexity index is 896. The first-order chi connectivity index (χ1) is 12.7. The number of sulfonamides is 1. The summed E-state index contributed by atoms with van der Waals surface area (Å²) in [4.78, 5) is 12.2. The molecule has 8 heteroatoms. The predicted octanol–water partition coefficient (Wildman–Crippen LogP) is 3.70. The first-order valence-electron chi connectivity index (χ1n) is 8.41. The lowest BCUT2D eigenvalue weighted by molar-refractivity contribution is -0.116. The third-order valence-corrected chi connectivity index (χ3v) is 6.12. The third-order valence-electron chi connectivity index (χ3n) is 3.86. The van der Waals surface area contributed by atoms with Crippen molar-refractivity contribution in [3.05, 3.63) is 53.1 Å². The van der Waals surface area contributed by atoms with Crippen molar-refractivity contribution in [1.29, 1.82) is 0 Å². The lowest BCUT2D eigenvalue weighted by atomic mass is 10.2. The fraction of sp³-hybridized carbons (Fsp3) is 0.316. The molecule has 1 amide bonds. The molecule has 0 aliphatic rings. The van der Waals surface area contributed by atoms with Crippen molar-refractivity contribution >= 4 is 33.2 Å². The van der Waals surface area contributed by atoms with Crippen molar-refractivity contribution in [2.75, 3.05) is 26.0 Å². The van der Waals surface area contributed by atoms with Crippen molar-refractivity contribution in [3.8, 4) is 5.75 Å². The SMILES string of the molecule is Cc1cc(OCCCC(=O)Nc2ccc(S(=O)(=O)N(C)C)cc2)ccc1Cl. The Morgan fingerprint density at radius 2 is 1.81 bits per heavy atom. The molecule has 2 aromatic rings. The van der Waals surface area contributed by atoms with Gasteiger partial charge in [0, 0.05) is 31.2 Å². The molecule has 2 rings (SSSR count). The number of carbonyl (C=O) groups is 1. The van der Waals surface area contributed by atoms with E-state index in [1.54, 1.807) is 24.3 Å². The second kappa shape index (κ2) is 9.21. The number of amides is 1. The van der Waals surface area contributed by atoms with Gasteiger partial charge in [0.05, 0.1) is 11.5 Å². The summed E-state index contributed by atoms with van der Waals surface area (Å²) in [5.74, 6) is 0.559. The average molecular weight is 411 g/mol. The van der Waals surface area contributed by atoms with Crippen LogP contribution in [0.25, 0.3) is 0 Å². The van der Waals surface area contributed by atoms with Gasteiger partial charge in [-0.05, 0) is 61.4 Å². The van der Waals surface area contributed by atoms with Crippen LogP contribution in [0.2, 0.25) is 5.02 Å². The molecule has 2 aromatic carbocycles. The fourth-order valence-electron chi connectivity index (χ4n) is 2.27. The minimum absolute atomic E-state index is 0.158. The fourth-order valence-corrected chi connectivity index (χ4v) is 3.29. The highest BCUT2D eigenvalue weighted by Crippen LogP contribution is 2.21. The average Bonchev–Trinajstić information content (AvgIpc) is 2.62. The first-order valence-corrected chi connectivity index (χ1v) is 10.2. The maximum Gasteiger partial charge on any atom is 0.242 e. The molecule has 0 aliphatic carbocycles. The molecular formula is C19H23ClN2O4S. The molecule has 0 spiro atoms. The van der Waals surface area contributed by atoms with Crippen LogP contribution in [-0.2, 0) is 14.8 Å². The molecule has 0 bridgehead atoms. The van der Waals surface area contributed by atoms with Crippen molar-refractivity contribution in [3.63, 3.8) is 0 Å². The second-order valence-corrected chi connectivity index (χ2v) is 8.78. The summed E-state index contributed by atoms with van der Waals surface area (Å²) in [6.07, 6.45) is 0.852. The largest absolute Gasteiger partial charge is 0.494 e. The van der Waals surface area contributed by atoms with Crippen molar-refractivity contribution in [2.45, 2.75) is 24.7 Å². The zero-order valence-corrected chi connectivity index (χ0v) is 17.1. The van der Waals surface area contributed by atoms with E-state index in [4.69, 9.17) is 16.3 Å². The van der Waals surface area contributed by atoms with Gasteiger partial charge < -0.3 is 10.1 Å². The lowest BCUT2D eigenvalue weighted by Gasteiger charge is -2.12. The summed E-state index contributed by atoms with van der Waals surface area (Å²) in [5.41, 5.74) is 1.48. The highest BCUT2D eigenvalue weighted by atomic mass is 35.5. The van der Waals surface area contributed by atoms with Gasteiger partial charge in [-0.3, -0.25) is 4.79 Å². The molecule has 0 fully saturated rings. The smallest absolute Gasteiger partial charge is 0.242 e. The van der Waals surface area contributed by atoms with Gasteiger partial charge >= 0.3 is 0 Å². The number of hydrogen-bond acceptors (Lipinski definition) is 4. The number of halogens is 1. The van der Waals surface area contributed by atoms with E-state index >= 15 is 0 Å². The Morgan fingerprint density at radius 3 is 2.41 bits per heavy atom. The number of aryl methyl sites for hydroxylation is 1. The predicted molar refractivity (Wildman–Crippen MR) is 107 cm³/mol. The molecule has 0 radical (unpaired) electrons. The zero-order chi connectivity index (χ0) is 20.0. The molecule has 0 aliphatic heterocycles. The van der Waals surface area contributed by atoms with Crippen LogP contribution < -0.4 is 10.1 Å². The van der Waals surface area contributed by atoms with Gasteiger partial charge in [-0.25, -0.2) is 12.7 Å². The van der Waals surface area contributed by atoms with E-state index in [2.05, 4.69) is 5.32 Å². The number of anilines is 1. The van der Waals surface area contributed by atoms with Crippen LogP contribution in [0.15, 0.2) is 47.4 Å². The standard InChI is InChI=1S/C19H23ClN2O4S/c1-14-13-16(8-11-18(14)20)26-12-4-5-19(23)21-15-6-9-17(10-7-15)27(24,25)22(2)3/h6-11,13H,4-5,12H2,1-3H3,(H,21,23). The third kappa shape index (κ3) is 5.95. The quantitative estimate of drug-likeness (QED) is 0.673. The minimum Gasteiger partial charge on any atom is -0.494 e. The molecule has 0 unspecified atom stereocenters. The van der Waals surface area contributed by atoms with E-state index in [0.29, 0.717) is 30.2 Å². The molecule has 0 atom stereocenters. The molecule has 6 nitrogen and oxygen atoms in total. The highest BCUT2D eigenvalue weighted by molar-refractivity contribution is 7.89. The number of hydrogen-bond donors (Lipinski definition) is 1. The number of ether oxygens (including phenoxy) is 1. The molecular weight excluding hydrogens is 388 g/mol. The van der Waals surface area contributed by atoms with Gasteiger partial charge in [-0.1, -0.05) is 11.6 Å². The number of carbonyl (C=O) groups excluding carboxylic acids is 1. The summed E-state index contributed by atoms with van der Waals surface area (Å²) in [7, 11) is -0.535. The van der Waals surface area contributed by atoms with Crippen molar-refractivity contribution in [2.24, 2.45) is 0 Å². The maximum absolute atomic E-state index is 12.0. The Morgan fingerprint density at radius 1 is 1.15 bits per heavy atom. The summed E-state index contributed by atoms with van der Waals surface area (Å²) in [6.45, 7) is 2.31. The van der Waals surface area contributed by atoms with Crippen LogP contribution in [0, 0.1) is 6.92 Å². The number of nitrogens with one attached hydrogen (secondary N) is 1. The normalized spacial score (nSPS) is 11.4. The minimum atomic E-state index is -3.48. The van der Waals surface area contributed by atoms with Crippen LogP contribution in [0.1, 0.15) is 18.4 Å². The van der Waals surface area contributed by atoms with Gasteiger partial charge in [0.15, 0.2) is 0 Å². The van der Waals surface area contributed by atoms with Gasteiger partial charge in [-0.15, -0.1) is 0 Å². The summed E-state index contributed by atoms with van der Waals surface area (Å²) in [5, 5.41) is 3.43. The molecule has 0 saturated heterocycles. The van der Waals surface area contributed by atoms with E-state index in [0.717, 1.165) is 15.6 Å². The number of rotatable bonds is 8. The Labute approximate surface area is 165 Å². The van der Waals surface area contributed by atoms with E-state index in [9.17, 15) is 13.2 Å². The van der Waals surface area contributed by atoms with Crippen LogP contribution in [0.3, 0.4) is 0 Å². The van der Waals surface area contributed by atoms with Crippen LogP contribution in [0.5, 0.6) is 5.75 Å². The summed E-state index contributed by atoms with van der Waals surface area (Å²) >= 11 is 5.97. The summed E-state index contributed by atoms with van der Waals surface area (Å²) in [6, 6.07) is 11.5. The number of nitrogens with zero attached hydrogens (tertiary/aromatic N) is 1. The Hall–Kier alpha value is -2.09. The lowest BCUT2D eigenvalue weighted by Crippen LogP contribution is -2.22. The number of benzene rings is 2. The van der Waals surface area contributed by atoms with Gasteiger partial charge in [0.2, 0.25) is 15.9 Å². The molecule has 0 saturated carbocycles. The van der Waals surface area contributed by atoms with Crippen molar-refractivity contribution < 1.29 is 17.9 Å². The maximum atomic E-state index is 12.0. The first kappa shape index (κ1) is 21.2. The van der Waals surface area contributed by atoms with Crippen LogP contribution >= 0.6 is 11.6 Å². The van der Waals surface area contributed by atoms with E-state index in [-0.39, 0.29) is 10.8 Å². The topological polar surface area (TPSA) is 75.7 Å². The van der Waals surface area contributed by atoms with E-state index < -0.39 is 10.0 Å². The summed E-state index contributed by atoms with van der Waals surface area (Å²) < 4.78 is 30.8. The van der Waals surface area contributed by atoms with Crippen molar-refractivity contribution in [1.82, 2.24) is 4.31 Å². The molecule has 27 heavy (non-hydrogen) atoms. The second-order valence-electron chi connectivity index (χ2n) is 6.22. The van der Waals surface area contributed by atoms with Crippen LogP contribution in [-0.4, -0.2) is 39.3 Å². The molecule has 1 N–H and O–H groups in total. The van der Waals surface area contributed by atoms with Crippen LogP contribution in [0.4, 0.5) is 5.69 Å². The monoisotopic (exact) mass is 410 g/mol. The van der Waals surface area contributed by atoms with E-state index in [1.165, 1.54) is 26.2 Å². The zero-order valence-electron chi connectivity index (χ0n) is 15.5. The van der Waals surface area contributed by atoms with E-state index in [1.807, 2.05) is 13.0 Å². The Balaban J connectivity index is 1.79. The molecule has 0 aromatic heterocycles. The Kier molecular flexibility index (Phi) is 7.24. The molecule has 146 valence electrons. The molecule has 0 heterocycles. The van der Waals surface area contributed by atoms with Gasteiger partial charge in [0.1, 0.15) is 5.75 Å². The highest BCUT2D eigenvalue weighted by Gasteiger charge is 2.16. The van der Waals surface area contributed by atoms with Gasteiger partial charge in [0.25, 0.3) is 0 Å².